The molecule has 5 nitrogen and oxygen atoms in total. The molecule has 0 saturated carbocycles. The zero-order valence-corrected chi connectivity index (χ0v) is 13.9. The Kier molecular flexibility index (Phi) is 4.82. The molecule has 0 unspecified atom stereocenters. The smallest absolute Gasteiger partial charge is 0.129 e. The molecular weight excluding hydrogens is 322 g/mol. The molecule has 0 bridgehead atoms. The first kappa shape index (κ1) is 16.1. The summed E-state index contributed by atoms with van der Waals surface area (Å²) in [7, 11) is 0. The fourth-order valence-corrected chi connectivity index (χ4v) is 2.43. The van der Waals surface area contributed by atoms with E-state index in [2.05, 4.69) is 19.9 Å². The first-order chi connectivity index (χ1) is 11.7. The molecule has 0 aliphatic carbocycles. The summed E-state index contributed by atoms with van der Waals surface area (Å²) in [6.45, 7) is 2.45. The van der Waals surface area contributed by atoms with Crippen molar-refractivity contribution in [2.24, 2.45) is 10.7 Å². The minimum atomic E-state index is 0.430. The summed E-state index contributed by atoms with van der Waals surface area (Å²) in [4.78, 5) is 17.5. The largest absolute Gasteiger partial charge is 0.404 e. The molecular formula is C18H16ClN5. The number of rotatable bonds is 4. The van der Waals surface area contributed by atoms with Gasteiger partial charge in [0, 0.05) is 35.4 Å². The zero-order chi connectivity index (χ0) is 16.9. The van der Waals surface area contributed by atoms with E-state index in [4.69, 9.17) is 17.3 Å². The van der Waals surface area contributed by atoms with Crippen LogP contribution >= 0.6 is 11.6 Å². The van der Waals surface area contributed by atoms with Crippen molar-refractivity contribution in [1.82, 2.24) is 15.0 Å². The normalized spacial score (nSPS) is 12.2. The molecule has 0 aliphatic heterocycles. The molecule has 3 heterocycles. The molecule has 0 aromatic carbocycles. The van der Waals surface area contributed by atoms with Crippen LogP contribution in [0.5, 0.6) is 0 Å². The monoisotopic (exact) mass is 337 g/mol. The number of halogens is 1. The zero-order valence-electron chi connectivity index (χ0n) is 13.1. The van der Waals surface area contributed by atoms with Crippen LogP contribution in [0.25, 0.3) is 16.6 Å². The van der Waals surface area contributed by atoms with Crippen LogP contribution in [0.1, 0.15) is 17.0 Å². The average molecular weight is 338 g/mol. The van der Waals surface area contributed by atoms with Crippen molar-refractivity contribution >= 4 is 34.4 Å². The van der Waals surface area contributed by atoms with Crippen molar-refractivity contribution in [2.45, 2.75) is 13.5 Å². The van der Waals surface area contributed by atoms with Crippen LogP contribution in [0.3, 0.4) is 0 Å². The van der Waals surface area contributed by atoms with Gasteiger partial charge in [-0.1, -0.05) is 17.7 Å². The van der Waals surface area contributed by atoms with Gasteiger partial charge in [-0.05, 0) is 37.3 Å². The van der Waals surface area contributed by atoms with Crippen LogP contribution in [0.4, 0.5) is 0 Å². The predicted molar refractivity (Wildman–Crippen MR) is 97.9 cm³/mol. The SMILES string of the molecule is Cc1cccc(CN=CC(=CN)c2cnc3ccc(Cl)nc3c2)n1. The minimum absolute atomic E-state index is 0.430. The van der Waals surface area contributed by atoms with Gasteiger partial charge in [-0.25, -0.2) is 4.98 Å². The number of aromatic nitrogens is 3. The standard InChI is InChI=1S/C18H16ClN5/c1-12-3-2-4-15(23-12)11-21-9-14(8-20)13-7-17-16(22-10-13)5-6-18(19)24-17/h2-10H,11,20H2,1H3. The van der Waals surface area contributed by atoms with Crippen LogP contribution in [-0.4, -0.2) is 21.2 Å². The molecule has 0 saturated heterocycles. The molecule has 3 rings (SSSR count). The topological polar surface area (TPSA) is 77.0 Å². The summed E-state index contributed by atoms with van der Waals surface area (Å²) in [6.07, 6.45) is 4.96. The number of pyridine rings is 3. The summed E-state index contributed by atoms with van der Waals surface area (Å²) in [5.41, 5.74) is 10.7. The molecule has 0 spiro atoms. The van der Waals surface area contributed by atoms with Crippen molar-refractivity contribution in [2.75, 3.05) is 0 Å². The fourth-order valence-electron chi connectivity index (χ4n) is 2.28. The summed E-state index contributed by atoms with van der Waals surface area (Å²) >= 11 is 5.94. The lowest BCUT2D eigenvalue weighted by Crippen LogP contribution is -1.95. The van der Waals surface area contributed by atoms with Crippen molar-refractivity contribution in [3.63, 3.8) is 0 Å². The van der Waals surface area contributed by atoms with Gasteiger partial charge in [-0.15, -0.1) is 0 Å². The van der Waals surface area contributed by atoms with E-state index in [1.807, 2.05) is 37.3 Å². The highest BCUT2D eigenvalue weighted by Gasteiger charge is 2.04. The minimum Gasteiger partial charge on any atom is -0.404 e. The van der Waals surface area contributed by atoms with E-state index in [9.17, 15) is 0 Å². The van der Waals surface area contributed by atoms with Crippen LogP contribution in [0.15, 0.2) is 53.8 Å². The van der Waals surface area contributed by atoms with Gasteiger partial charge < -0.3 is 5.73 Å². The van der Waals surface area contributed by atoms with E-state index in [-0.39, 0.29) is 0 Å². The van der Waals surface area contributed by atoms with Gasteiger partial charge in [0.1, 0.15) is 5.15 Å². The van der Waals surface area contributed by atoms with E-state index in [0.29, 0.717) is 17.2 Å². The van der Waals surface area contributed by atoms with Gasteiger partial charge in [0.05, 0.1) is 23.3 Å². The van der Waals surface area contributed by atoms with Gasteiger partial charge >= 0.3 is 0 Å². The van der Waals surface area contributed by atoms with Crippen LogP contribution in [0, 0.1) is 6.92 Å². The van der Waals surface area contributed by atoms with Gasteiger partial charge in [0.15, 0.2) is 0 Å². The van der Waals surface area contributed by atoms with E-state index in [1.54, 1.807) is 18.5 Å². The molecule has 0 aliphatic rings. The van der Waals surface area contributed by atoms with Crippen molar-refractivity contribution < 1.29 is 0 Å². The number of nitrogens with zero attached hydrogens (tertiary/aromatic N) is 4. The molecule has 120 valence electrons. The number of aliphatic imine (C=N–C) groups is 1. The third kappa shape index (κ3) is 3.75. The number of aryl methyl sites for hydroxylation is 1. The third-order valence-corrected chi connectivity index (χ3v) is 3.66. The summed E-state index contributed by atoms with van der Waals surface area (Å²) in [6, 6.07) is 11.3. The molecule has 0 fully saturated rings. The highest BCUT2D eigenvalue weighted by molar-refractivity contribution is 6.29. The van der Waals surface area contributed by atoms with Crippen LogP contribution < -0.4 is 5.73 Å². The van der Waals surface area contributed by atoms with E-state index < -0.39 is 0 Å². The Labute approximate surface area is 145 Å². The summed E-state index contributed by atoms with van der Waals surface area (Å²) in [5, 5.41) is 0.430. The highest BCUT2D eigenvalue weighted by Crippen LogP contribution is 2.18. The predicted octanol–water partition coefficient (Wildman–Crippen LogP) is 3.56. The lowest BCUT2D eigenvalue weighted by molar-refractivity contribution is 0.975. The number of fused-ring (bicyclic) bond motifs is 1. The average Bonchev–Trinajstić information content (AvgIpc) is 2.58. The first-order valence-corrected chi connectivity index (χ1v) is 7.80. The number of allylic oxidation sites excluding steroid dienone is 1. The van der Waals surface area contributed by atoms with Gasteiger partial charge in [-0.3, -0.25) is 15.0 Å². The van der Waals surface area contributed by atoms with Crippen molar-refractivity contribution in [3.8, 4) is 0 Å². The van der Waals surface area contributed by atoms with E-state index >= 15 is 0 Å². The lowest BCUT2D eigenvalue weighted by atomic mass is 10.1. The second-order valence-electron chi connectivity index (χ2n) is 5.26. The molecule has 24 heavy (non-hydrogen) atoms. The Morgan fingerprint density at radius 1 is 1.21 bits per heavy atom. The number of hydrogen-bond donors (Lipinski definition) is 1. The van der Waals surface area contributed by atoms with Gasteiger partial charge in [0.25, 0.3) is 0 Å². The van der Waals surface area contributed by atoms with Crippen LogP contribution in [-0.2, 0) is 6.54 Å². The Bertz CT molecular complexity index is 934. The quantitative estimate of drug-likeness (QED) is 0.583. The molecule has 0 radical (unpaired) electrons. The van der Waals surface area contributed by atoms with Gasteiger partial charge in [-0.2, -0.15) is 0 Å². The highest BCUT2D eigenvalue weighted by atomic mass is 35.5. The Balaban J connectivity index is 1.82. The van der Waals surface area contributed by atoms with Gasteiger partial charge in [0.2, 0.25) is 0 Å². The Morgan fingerprint density at radius 2 is 2.08 bits per heavy atom. The number of nitrogens with two attached hydrogens (primary N) is 1. The summed E-state index contributed by atoms with van der Waals surface area (Å²) in [5.74, 6) is 0. The van der Waals surface area contributed by atoms with Crippen molar-refractivity contribution in [3.05, 3.63) is 70.9 Å². The molecule has 3 aromatic rings. The fraction of sp³-hybridized carbons (Fsp3) is 0.111. The van der Waals surface area contributed by atoms with E-state index in [1.165, 1.54) is 6.20 Å². The first-order valence-electron chi connectivity index (χ1n) is 7.42. The maximum absolute atomic E-state index is 5.94. The number of hydrogen-bond acceptors (Lipinski definition) is 5. The summed E-state index contributed by atoms with van der Waals surface area (Å²) < 4.78 is 0. The molecule has 0 atom stereocenters. The van der Waals surface area contributed by atoms with E-state index in [0.717, 1.165) is 28.0 Å². The second kappa shape index (κ2) is 7.19. The molecule has 3 aromatic heterocycles. The maximum atomic E-state index is 5.94. The lowest BCUT2D eigenvalue weighted by Gasteiger charge is -2.04. The molecule has 0 amide bonds. The maximum Gasteiger partial charge on any atom is 0.129 e. The Hall–Kier alpha value is -2.79. The van der Waals surface area contributed by atoms with Crippen molar-refractivity contribution in [1.29, 1.82) is 0 Å². The van der Waals surface area contributed by atoms with Crippen LogP contribution in [0.2, 0.25) is 5.15 Å². The second-order valence-corrected chi connectivity index (χ2v) is 5.65. The Morgan fingerprint density at radius 3 is 2.88 bits per heavy atom. The molecule has 2 N–H and O–H groups in total. The molecule has 6 heteroatoms. The third-order valence-electron chi connectivity index (χ3n) is 3.45.